The molecule has 120 valence electrons. The van der Waals surface area contributed by atoms with E-state index in [-0.39, 0.29) is 5.91 Å². The van der Waals surface area contributed by atoms with Crippen molar-refractivity contribution in [3.8, 4) is 0 Å². The van der Waals surface area contributed by atoms with E-state index >= 15 is 0 Å². The van der Waals surface area contributed by atoms with Crippen LogP contribution in [0, 0.1) is 6.92 Å². The molecule has 0 radical (unpaired) electrons. The van der Waals surface area contributed by atoms with Crippen LogP contribution in [0.2, 0.25) is 0 Å². The molecule has 5 heteroatoms. The SMILES string of the molecule is CC(=O)N1CCC[C@@H](c2cccc(Nc3cccc(C)n3)n2)C1. The first kappa shape index (κ1) is 15.5. The summed E-state index contributed by atoms with van der Waals surface area (Å²) in [6.45, 7) is 5.22. The molecule has 1 atom stereocenters. The van der Waals surface area contributed by atoms with Crippen molar-refractivity contribution in [1.29, 1.82) is 0 Å². The summed E-state index contributed by atoms with van der Waals surface area (Å²) in [4.78, 5) is 22.7. The first-order chi connectivity index (χ1) is 11.1. The lowest BCUT2D eigenvalue weighted by Gasteiger charge is -2.31. The van der Waals surface area contributed by atoms with E-state index in [4.69, 9.17) is 4.98 Å². The summed E-state index contributed by atoms with van der Waals surface area (Å²) in [5.41, 5.74) is 2.00. The van der Waals surface area contributed by atoms with Crippen LogP contribution in [-0.2, 0) is 4.79 Å². The summed E-state index contributed by atoms with van der Waals surface area (Å²) in [6, 6.07) is 11.9. The summed E-state index contributed by atoms with van der Waals surface area (Å²) in [7, 11) is 0. The van der Waals surface area contributed by atoms with Crippen LogP contribution in [0.5, 0.6) is 0 Å². The molecule has 0 spiro atoms. The van der Waals surface area contributed by atoms with Gasteiger partial charge in [-0.1, -0.05) is 12.1 Å². The Morgan fingerprint density at radius 3 is 2.65 bits per heavy atom. The number of likely N-dealkylation sites (tertiary alicyclic amines) is 1. The predicted molar refractivity (Wildman–Crippen MR) is 90.7 cm³/mol. The fraction of sp³-hybridized carbons (Fsp3) is 0.389. The van der Waals surface area contributed by atoms with Crippen LogP contribution < -0.4 is 5.32 Å². The molecule has 2 aromatic heterocycles. The summed E-state index contributed by atoms with van der Waals surface area (Å²) < 4.78 is 0. The third-order valence-corrected chi connectivity index (χ3v) is 4.20. The van der Waals surface area contributed by atoms with Crippen molar-refractivity contribution in [2.24, 2.45) is 0 Å². The van der Waals surface area contributed by atoms with Crippen LogP contribution in [0.25, 0.3) is 0 Å². The van der Waals surface area contributed by atoms with E-state index in [0.717, 1.165) is 49.0 Å². The Hall–Kier alpha value is -2.43. The van der Waals surface area contributed by atoms with Crippen molar-refractivity contribution >= 4 is 17.5 Å². The van der Waals surface area contributed by atoms with Crippen LogP contribution in [0.15, 0.2) is 36.4 Å². The number of piperidine rings is 1. The summed E-state index contributed by atoms with van der Waals surface area (Å²) >= 11 is 0. The number of nitrogens with one attached hydrogen (secondary N) is 1. The molecule has 1 aliphatic rings. The van der Waals surface area contributed by atoms with E-state index in [2.05, 4.69) is 10.3 Å². The number of hydrogen-bond donors (Lipinski definition) is 1. The Balaban J connectivity index is 1.75. The molecule has 0 aromatic carbocycles. The normalized spacial score (nSPS) is 17.8. The maximum atomic E-state index is 11.6. The Kier molecular flexibility index (Phi) is 4.55. The summed E-state index contributed by atoms with van der Waals surface area (Å²) in [5, 5.41) is 3.26. The van der Waals surface area contributed by atoms with Gasteiger partial charge >= 0.3 is 0 Å². The van der Waals surface area contributed by atoms with Gasteiger partial charge in [-0.3, -0.25) is 4.79 Å². The smallest absolute Gasteiger partial charge is 0.219 e. The van der Waals surface area contributed by atoms with E-state index in [1.54, 1.807) is 6.92 Å². The second-order valence-corrected chi connectivity index (χ2v) is 6.04. The van der Waals surface area contributed by atoms with E-state index in [0.29, 0.717) is 5.92 Å². The molecule has 5 nitrogen and oxygen atoms in total. The number of amides is 1. The van der Waals surface area contributed by atoms with Crippen LogP contribution in [0.3, 0.4) is 0 Å². The molecule has 0 saturated carbocycles. The highest BCUT2D eigenvalue weighted by Crippen LogP contribution is 2.26. The predicted octanol–water partition coefficient (Wildman–Crippen LogP) is 3.25. The molecular formula is C18H22N4O. The molecule has 0 unspecified atom stereocenters. The number of aromatic nitrogens is 2. The van der Waals surface area contributed by atoms with Crippen molar-refractivity contribution in [1.82, 2.24) is 14.9 Å². The second-order valence-electron chi connectivity index (χ2n) is 6.04. The fourth-order valence-corrected chi connectivity index (χ4v) is 3.00. The largest absolute Gasteiger partial charge is 0.342 e. The zero-order chi connectivity index (χ0) is 16.2. The van der Waals surface area contributed by atoms with E-state index in [1.165, 1.54) is 0 Å². The highest BCUT2D eigenvalue weighted by molar-refractivity contribution is 5.73. The third kappa shape index (κ3) is 3.86. The number of aryl methyl sites for hydroxylation is 1. The van der Waals surface area contributed by atoms with Gasteiger partial charge < -0.3 is 10.2 Å². The molecule has 3 rings (SSSR count). The van der Waals surface area contributed by atoms with Gasteiger partial charge in [0, 0.05) is 37.3 Å². The van der Waals surface area contributed by atoms with E-state index in [1.807, 2.05) is 48.2 Å². The summed E-state index contributed by atoms with van der Waals surface area (Å²) in [5.74, 6) is 2.04. The van der Waals surface area contributed by atoms with Gasteiger partial charge in [0.15, 0.2) is 0 Å². The van der Waals surface area contributed by atoms with Crippen LogP contribution >= 0.6 is 0 Å². The molecule has 3 heterocycles. The quantitative estimate of drug-likeness (QED) is 0.945. The Bertz CT molecular complexity index is 701. The maximum absolute atomic E-state index is 11.6. The van der Waals surface area contributed by atoms with Crippen molar-refractivity contribution in [2.75, 3.05) is 18.4 Å². The van der Waals surface area contributed by atoms with Crippen LogP contribution in [-0.4, -0.2) is 33.9 Å². The minimum Gasteiger partial charge on any atom is -0.342 e. The van der Waals surface area contributed by atoms with Crippen molar-refractivity contribution in [3.63, 3.8) is 0 Å². The van der Waals surface area contributed by atoms with Crippen LogP contribution in [0.4, 0.5) is 11.6 Å². The Morgan fingerprint density at radius 1 is 1.17 bits per heavy atom. The van der Waals surface area contributed by atoms with Gasteiger partial charge in [0.05, 0.1) is 0 Å². The topological polar surface area (TPSA) is 58.1 Å². The molecule has 1 amide bonds. The number of nitrogens with zero attached hydrogens (tertiary/aromatic N) is 3. The highest BCUT2D eigenvalue weighted by Gasteiger charge is 2.23. The standard InChI is InChI=1S/C18H22N4O/c1-13-6-3-9-17(19-13)21-18-10-4-8-16(20-18)15-7-5-11-22(12-15)14(2)23/h3-4,6,8-10,15H,5,7,11-12H2,1-2H3,(H,19,20,21)/t15-/m1/s1. The Morgan fingerprint density at radius 2 is 1.91 bits per heavy atom. The number of carbonyl (C=O) groups excluding carboxylic acids is 1. The van der Waals surface area contributed by atoms with Gasteiger partial charge in [-0.25, -0.2) is 9.97 Å². The minimum atomic E-state index is 0.146. The average molecular weight is 310 g/mol. The number of rotatable bonds is 3. The van der Waals surface area contributed by atoms with Crippen molar-refractivity contribution < 1.29 is 4.79 Å². The maximum Gasteiger partial charge on any atom is 0.219 e. The monoisotopic (exact) mass is 310 g/mol. The minimum absolute atomic E-state index is 0.146. The molecule has 1 fully saturated rings. The molecule has 1 saturated heterocycles. The highest BCUT2D eigenvalue weighted by atomic mass is 16.2. The number of hydrogen-bond acceptors (Lipinski definition) is 4. The van der Waals surface area contributed by atoms with Gasteiger partial charge in [-0.05, 0) is 44.0 Å². The zero-order valence-electron chi connectivity index (χ0n) is 13.6. The molecule has 1 N–H and O–H groups in total. The molecule has 23 heavy (non-hydrogen) atoms. The fourth-order valence-electron chi connectivity index (χ4n) is 3.00. The van der Waals surface area contributed by atoms with Gasteiger partial charge in [-0.15, -0.1) is 0 Å². The first-order valence-corrected chi connectivity index (χ1v) is 8.05. The Labute approximate surface area is 136 Å². The third-order valence-electron chi connectivity index (χ3n) is 4.20. The zero-order valence-corrected chi connectivity index (χ0v) is 13.6. The molecule has 0 aliphatic carbocycles. The molecule has 0 bridgehead atoms. The summed E-state index contributed by atoms with van der Waals surface area (Å²) in [6.07, 6.45) is 2.10. The van der Waals surface area contributed by atoms with Gasteiger partial charge in [0.25, 0.3) is 0 Å². The van der Waals surface area contributed by atoms with Crippen molar-refractivity contribution in [2.45, 2.75) is 32.6 Å². The number of anilines is 2. The average Bonchev–Trinajstić information content (AvgIpc) is 2.55. The first-order valence-electron chi connectivity index (χ1n) is 8.05. The lowest BCUT2D eigenvalue weighted by Crippen LogP contribution is -2.37. The van der Waals surface area contributed by atoms with Crippen molar-refractivity contribution in [3.05, 3.63) is 47.8 Å². The van der Waals surface area contributed by atoms with E-state index in [9.17, 15) is 4.79 Å². The second kappa shape index (κ2) is 6.77. The lowest BCUT2D eigenvalue weighted by molar-refractivity contribution is -0.130. The van der Waals surface area contributed by atoms with Gasteiger partial charge in [-0.2, -0.15) is 0 Å². The molecule has 2 aromatic rings. The molecular weight excluding hydrogens is 288 g/mol. The number of carbonyl (C=O) groups is 1. The molecule has 1 aliphatic heterocycles. The van der Waals surface area contributed by atoms with E-state index < -0.39 is 0 Å². The lowest BCUT2D eigenvalue weighted by atomic mass is 9.94. The van der Waals surface area contributed by atoms with Gasteiger partial charge in [0.1, 0.15) is 11.6 Å². The van der Waals surface area contributed by atoms with Gasteiger partial charge in [0.2, 0.25) is 5.91 Å². The van der Waals surface area contributed by atoms with Crippen LogP contribution in [0.1, 0.15) is 37.1 Å². The number of pyridine rings is 2.